The van der Waals surface area contributed by atoms with Crippen molar-refractivity contribution in [3.8, 4) is 5.75 Å². The summed E-state index contributed by atoms with van der Waals surface area (Å²) in [6.07, 6.45) is 0. The maximum absolute atomic E-state index is 13.1. The number of aliphatic hydroxyl groups excluding tert-OH is 1. The average Bonchev–Trinajstić information content (AvgIpc) is 3.01. The SMILES string of the molecule is Cc1ccc(N2C(=O)C(=O)/C(=C(/O)c3cccc(Cl)c3)C2c2ccc(O)cc2)cc1C. The Bertz CT molecular complexity index is 1230. The molecule has 1 unspecified atom stereocenters. The molecule has 1 atom stereocenters. The van der Waals surface area contributed by atoms with E-state index >= 15 is 0 Å². The Morgan fingerprint density at radius 2 is 1.65 bits per heavy atom. The van der Waals surface area contributed by atoms with Gasteiger partial charge in [-0.3, -0.25) is 14.5 Å². The maximum Gasteiger partial charge on any atom is 0.300 e. The number of aromatic hydroxyl groups is 1. The number of Topliss-reactive ketones (excluding diaryl/α,β-unsaturated/α-hetero) is 1. The van der Waals surface area contributed by atoms with E-state index < -0.39 is 17.7 Å². The Balaban J connectivity index is 1.96. The van der Waals surface area contributed by atoms with Gasteiger partial charge in [0.1, 0.15) is 11.5 Å². The third-order valence-electron chi connectivity index (χ3n) is 5.52. The minimum atomic E-state index is -0.860. The number of benzene rings is 3. The van der Waals surface area contributed by atoms with Gasteiger partial charge < -0.3 is 10.2 Å². The number of halogens is 1. The molecule has 0 saturated carbocycles. The number of amides is 1. The van der Waals surface area contributed by atoms with E-state index in [4.69, 9.17) is 11.6 Å². The number of nitrogens with zero attached hydrogens (tertiary/aromatic N) is 1. The summed E-state index contributed by atoms with van der Waals surface area (Å²) in [5.74, 6) is -1.76. The van der Waals surface area contributed by atoms with Crippen LogP contribution in [0.25, 0.3) is 5.76 Å². The molecule has 1 fully saturated rings. The second kappa shape index (κ2) is 7.93. The van der Waals surface area contributed by atoms with Gasteiger partial charge in [0.25, 0.3) is 11.7 Å². The highest BCUT2D eigenvalue weighted by atomic mass is 35.5. The van der Waals surface area contributed by atoms with Gasteiger partial charge in [0, 0.05) is 16.3 Å². The molecule has 2 N–H and O–H groups in total. The monoisotopic (exact) mass is 433 g/mol. The fourth-order valence-corrected chi connectivity index (χ4v) is 3.93. The molecule has 6 heteroatoms. The van der Waals surface area contributed by atoms with E-state index in [-0.39, 0.29) is 17.1 Å². The molecular weight excluding hydrogens is 414 g/mol. The lowest BCUT2D eigenvalue weighted by Crippen LogP contribution is -2.29. The molecule has 4 rings (SSSR count). The zero-order chi connectivity index (χ0) is 22.3. The van der Waals surface area contributed by atoms with E-state index in [2.05, 4.69) is 0 Å². The van der Waals surface area contributed by atoms with Gasteiger partial charge in [0.2, 0.25) is 0 Å². The summed E-state index contributed by atoms with van der Waals surface area (Å²) in [5, 5.41) is 21.2. The van der Waals surface area contributed by atoms with Crippen LogP contribution in [0.2, 0.25) is 5.02 Å². The predicted molar refractivity (Wildman–Crippen MR) is 120 cm³/mol. The first-order valence-electron chi connectivity index (χ1n) is 9.71. The highest BCUT2D eigenvalue weighted by molar-refractivity contribution is 6.51. The highest BCUT2D eigenvalue weighted by Gasteiger charge is 2.47. The smallest absolute Gasteiger partial charge is 0.300 e. The third-order valence-corrected chi connectivity index (χ3v) is 5.76. The van der Waals surface area contributed by atoms with Crippen LogP contribution in [0.1, 0.15) is 28.3 Å². The molecule has 3 aromatic carbocycles. The molecule has 0 spiro atoms. The Morgan fingerprint density at radius 1 is 0.935 bits per heavy atom. The summed E-state index contributed by atoms with van der Waals surface area (Å²) < 4.78 is 0. The van der Waals surface area contributed by atoms with Gasteiger partial charge in [0.15, 0.2) is 0 Å². The second-order valence-corrected chi connectivity index (χ2v) is 7.98. The third kappa shape index (κ3) is 3.68. The van der Waals surface area contributed by atoms with E-state index in [1.54, 1.807) is 36.4 Å². The Labute approximate surface area is 184 Å². The van der Waals surface area contributed by atoms with Gasteiger partial charge >= 0.3 is 0 Å². The summed E-state index contributed by atoms with van der Waals surface area (Å²) >= 11 is 6.06. The lowest BCUT2D eigenvalue weighted by Gasteiger charge is -2.26. The van der Waals surface area contributed by atoms with Crippen molar-refractivity contribution in [2.75, 3.05) is 4.90 Å². The van der Waals surface area contributed by atoms with Gasteiger partial charge in [-0.1, -0.05) is 41.9 Å². The number of hydrogen-bond acceptors (Lipinski definition) is 4. The highest BCUT2D eigenvalue weighted by Crippen LogP contribution is 2.42. The van der Waals surface area contributed by atoms with Crippen molar-refractivity contribution < 1.29 is 19.8 Å². The van der Waals surface area contributed by atoms with Crippen molar-refractivity contribution in [1.82, 2.24) is 0 Å². The second-order valence-electron chi connectivity index (χ2n) is 7.54. The molecule has 156 valence electrons. The van der Waals surface area contributed by atoms with E-state index in [0.717, 1.165) is 11.1 Å². The molecule has 1 aliphatic rings. The van der Waals surface area contributed by atoms with Crippen molar-refractivity contribution in [2.24, 2.45) is 0 Å². The van der Waals surface area contributed by atoms with E-state index in [9.17, 15) is 19.8 Å². The quantitative estimate of drug-likeness (QED) is 0.334. The molecule has 31 heavy (non-hydrogen) atoms. The molecule has 1 saturated heterocycles. The lowest BCUT2D eigenvalue weighted by molar-refractivity contribution is -0.132. The predicted octanol–water partition coefficient (Wildman–Crippen LogP) is 5.29. The molecule has 0 aromatic heterocycles. The van der Waals surface area contributed by atoms with Gasteiger partial charge in [0.05, 0.1) is 11.6 Å². The minimum Gasteiger partial charge on any atom is -0.508 e. The standard InChI is InChI=1S/C25H20ClNO4/c1-14-6-9-19(12-15(14)2)27-22(16-7-10-20(28)11-8-16)21(24(30)25(27)31)23(29)17-4-3-5-18(26)13-17/h3-13,22,28-29H,1-2H3/b23-21+. The maximum atomic E-state index is 13.1. The zero-order valence-electron chi connectivity index (χ0n) is 17.0. The van der Waals surface area contributed by atoms with Crippen molar-refractivity contribution in [3.63, 3.8) is 0 Å². The largest absolute Gasteiger partial charge is 0.508 e. The van der Waals surface area contributed by atoms with E-state index in [1.807, 2.05) is 26.0 Å². The van der Waals surface area contributed by atoms with Crippen LogP contribution in [-0.4, -0.2) is 21.9 Å². The first-order valence-corrected chi connectivity index (χ1v) is 10.1. The van der Waals surface area contributed by atoms with Gasteiger partial charge in [-0.2, -0.15) is 0 Å². The molecule has 1 amide bonds. The van der Waals surface area contributed by atoms with Crippen molar-refractivity contribution in [3.05, 3.63) is 99.6 Å². The molecule has 1 aliphatic heterocycles. The summed E-state index contributed by atoms with van der Waals surface area (Å²) in [5.41, 5.74) is 3.47. The van der Waals surface area contributed by atoms with Gasteiger partial charge in [-0.15, -0.1) is 0 Å². The summed E-state index contributed by atoms with van der Waals surface area (Å²) in [6.45, 7) is 3.89. The number of carbonyl (C=O) groups excluding carboxylic acids is 2. The van der Waals surface area contributed by atoms with Crippen molar-refractivity contribution in [1.29, 1.82) is 0 Å². The fourth-order valence-electron chi connectivity index (χ4n) is 3.74. The molecule has 3 aromatic rings. The van der Waals surface area contributed by atoms with E-state index in [0.29, 0.717) is 21.8 Å². The normalized spacial score (nSPS) is 17.9. The summed E-state index contributed by atoms with van der Waals surface area (Å²) in [6, 6.07) is 17.3. The number of carbonyl (C=O) groups is 2. The number of phenols is 1. The van der Waals surface area contributed by atoms with Crippen LogP contribution in [0.3, 0.4) is 0 Å². The number of phenolic OH excluding ortho intramolecular Hbond substituents is 1. The zero-order valence-corrected chi connectivity index (χ0v) is 17.7. The summed E-state index contributed by atoms with van der Waals surface area (Å²) in [7, 11) is 0. The Morgan fingerprint density at radius 3 is 2.29 bits per heavy atom. The lowest BCUT2D eigenvalue weighted by atomic mass is 9.95. The molecule has 5 nitrogen and oxygen atoms in total. The Kier molecular flexibility index (Phi) is 5.29. The van der Waals surface area contributed by atoms with Crippen LogP contribution >= 0.6 is 11.6 Å². The first-order chi connectivity index (χ1) is 14.8. The minimum absolute atomic E-state index is 0.0313. The van der Waals surface area contributed by atoms with Gasteiger partial charge in [-0.25, -0.2) is 0 Å². The van der Waals surface area contributed by atoms with Crippen LogP contribution in [0.15, 0.2) is 72.3 Å². The number of rotatable bonds is 3. The Hall–Kier alpha value is -3.57. The van der Waals surface area contributed by atoms with Gasteiger partial charge in [-0.05, 0) is 66.9 Å². The number of hydrogen-bond donors (Lipinski definition) is 2. The van der Waals surface area contributed by atoms with Crippen LogP contribution < -0.4 is 4.90 Å². The fraction of sp³-hybridized carbons (Fsp3) is 0.120. The van der Waals surface area contributed by atoms with Crippen molar-refractivity contribution in [2.45, 2.75) is 19.9 Å². The molecular formula is C25H20ClNO4. The van der Waals surface area contributed by atoms with E-state index in [1.165, 1.54) is 23.1 Å². The number of ketones is 1. The molecule has 0 radical (unpaired) electrons. The molecule has 1 heterocycles. The van der Waals surface area contributed by atoms with Crippen LogP contribution in [0.5, 0.6) is 5.75 Å². The number of anilines is 1. The molecule has 0 bridgehead atoms. The van der Waals surface area contributed by atoms with Crippen LogP contribution in [0, 0.1) is 13.8 Å². The summed E-state index contributed by atoms with van der Waals surface area (Å²) in [4.78, 5) is 27.6. The van der Waals surface area contributed by atoms with Crippen LogP contribution in [0.4, 0.5) is 5.69 Å². The van der Waals surface area contributed by atoms with Crippen LogP contribution in [-0.2, 0) is 9.59 Å². The average molecular weight is 434 g/mol. The number of aryl methyl sites for hydroxylation is 2. The molecule has 0 aliphatic carbocycles. The first kappa shape index (κ1) is 20.7. The van der Waals surface area contributed by atoms with Crippen molar-refractivity contribution >= 4 is 34.7 Å². The topological polar surface area (TPSA) is 77.8 Å². The number of aliphatic hydroxyl groups is 1.